The molecule has 1 aromatic carbocycles. The van der Waals surface area contributed by atoms with Crippen LogP contribution in [-0.2, 0) is 12.8 Å². The summed E-state index contributed by atoms with van der Waals surface area (Å²) in [7, 11) is 2.96. The summed E-state index contributed by atoms with van der Waals surface area (Å²) in [4.78, 5) is 22.4. The second-order valence-corrected chi connectivity index (χ2v) is 7.89. The molecule has 2 aromatic heterocycles. The van der Waals surface area contributed by atoms with E-state index in [4.69, 9.17) is 9.47 Å². The van der Waals surface area contributed by atoms with E-state index in [-0.39, 0.29) is 11.3 Å². The highest BCUT2D eigenvalue weighted by Gasteiger charge is 2.18. The Hall–Kier alpha value is -2.80. The fourth-order valence-corrected chi connectivity index (χ4v) is 4.89. The summed E-state index contributed by atoms with van der Waals surface area (Å²) in [6.07, 6.45) is 9.06. The van der Waals surface area contributed by atoms with E-state index in [0.29, 0.717) is 17.3 Å². The van der Waals surface area contributed by atoms with Gasteiger partial charge in [-0.15, -0.1) is 11.3 Å². The number of hydrogen-bond acceptors (Lipinski definition) is 6. The highest BCUT2D eigenvalue weighted by molar-refractivity contribution is 7.18. The maximum Gasteiger partial charge on any atom is 0.260 e. The molecule has 0 atom stereocenters. The molecule has 0 fully saturated rings. The van der Waals surface area contributed by atoms with Gasteiger partial charge in [0.15, 0.2) is 11.5 Å². The maximum atomic E-state index is 12.7. The quantitative estimate of drug-likeness (QED) is 0.645. The smallest absolute Gasteiger partial charge is 0.260 e. The molecule has 4 rings (SSSR count). The minimum absolute atomic E-state index is 0.0461. The number of phenols is 1. The molecule has 2 heterocycles. The molecule has 0 saturated heterocycles. The summed E-state index contributed by atoms with van der Waals surface area (Å²) < 4.78 is 10.4. The average molecular weight is 398 g/mol. The molecule has 1 aliphatic rings. The number of aromatic nitrogens is 2. The lowest BCUT2D eigenvalue weighted by atomic mass is 10.1. The van der Waals surface area contributed by atoms with Crippen LogP contribution in [0.3, 0.4) is 0 Å². The largest absolute Gasteiger partial charge is 0.502 e. The zero-order valence-electron chi connectivity index (χ0n) is 15.9. The fourth-order valence-electron chi connectivity index (χ4n) is 3.62. The van der Waals surface area contributed by atoms with Crippen LogP contribution in [0.4, 0.5) is 0 Å². The van der Waals surface area contributed by atoms with Gasteiger partial charge in [0.25, 0.3) is 5.56 Å². The molecule has 0 bridgehead atoms. The first-order chi connectivity index (χ1) is 13.6. The zero-order chi connectivity index (χ0) is 19.7. The lowest BCUT2D eigenvalue weighted by Crippen LogP contribution is -2.10. The van der Waals surface area contributed by atoms with Crippen molar-refractivity contribution in [2.24, 2.45) is 0 Å². The second-order valence-electron chi connectivity index (χ2n) is 6.80. The van der Waals surface area contributed by atoms with E-state index in [2.05, 4.69) is 9.97 Å². The third kappa shape index (κ3) is 3.38. The molecule has 2 N–H and O–H groups in total. The van der Waals surface area contributed by atoms with Crippen LogP contribution in [0.5, 0.6) is 17.2 Å². The summed E-state index contributed by atoms with van der Waals surface area (Å²) >= 11 is 1.64. The number of aryl methyl sites for hydroxylation is 2. The SMILES string of the molecule is COc1cc(/C=C/c2nc3sc4c(c3c(=O)[nH]2)CCCCC4)cc(OC)c1O. The zero-order valence-corrected chi connectivity index (χ0v) is 16.7. The summed E-state index contributed by atoms with van der Waals surface area (Å²) in [5.74, 6) is 1.09. The van der Waals surface area contributed by atoms with Gasteiger partial charge in [0.2, 0.25) is 5.75 Å². The lowest BCUT2D eigenvalue weighted by molar-refractivity contribution is 0.340. The van der Waals surface area contributed by atoms with Crippen LogP contribution >= 0.6 is 11.3 Å². The summed E-state index contributed by atoms with van der Waals surface area (Å²) in [5, 5.41) is 10.8. The standard InChI is InChI=1S/C21H22N2O4S/c1-26-14-10-12(11-15(27-2)19(14)24)8-9-17-22-20(25)18-13-6-4-3-5-7-16(13)28-21(18)23-17/h8-11,24H,3-7H2,1-2H3,(H,22,23,25)/b9-8+. The molecule has 0 aliphatic heterocycles. The number of H-pyrrole nitrogens is 1. The Balaban J connectivity index is 1.72. The number of aromatic hydroxyl groups is 1. The molecule has 3 aromatic rings. The van der Waals surface area contributed by atoms with E-state index in [1.807, 2.05) is 0 Å². The molecule has 146 valence electrons. The number of rotatable bonds is 4. The van der Waals surface area contributed by atoms with Gasteiger partial charge in [0.05, 0.1) is 19.6 Å². The Morgan fingerprint density at radius 3 is 2.54 bits per heavy atom. The first-order valence-corrected chi connectivity index (χ1v) is 10.1. The van der Waals surface area contributed by atoms with E-state index in [1.54, 1.807) is 35.6 Å². The van der Waals surface area contributed by atoms with E-state index in [0.717, 1.165) is 35.0 Å². The van der Waals surface area contributed by atoms with Crippen molar-refractivity contribution < 1.29 is 14.6 Å². The van der Waals surface area contributed by atoms with Crippen LogP contribution < -0.4 is 15.0 Å². The van der Waals surface area contributed by atoms with Gasteiger partial charge in [-0.2, -0.15) is 0 Å². The highest BCUT2D eigenvalue weighted by Crippen LogP contribution is 2.37. The van der Waals surface area contributed by atoms with Gasteiger partial charge in [-0.25, -0.2) is 4.98 Å². The first-order valence-electron chi connectivity index (χ1n) is 9.28. The van der Waals surface area contributed by atoms with Crippen molar-refractivity contribution in [1.82, 2.24) is 9.97 Å². The van der Waals surface area contributed by atoms with Crippen LogP contribution in [0.1, 0.15) is 41.1 Å². The number of nitrogens with one attached hydrogen (secondary N) is 1. The summed E-state index contributed by atoms with van der Waals surface area (Å²) in [6.45, 7) is 0. The molecule has 6 nitrogen and oxygen atoms in total. The third-order valence-electron chi connectivity index (χ3n) is 5.03. The minimum atomic E-state index is -0.0788. The predicted octanol–water partition coefficient (Wildman–Crippen LogP) is 4.15. The second kappa shape index (κ2) is 7.67. The number of phenolic OH excluding ortho intramolecular Hbond substituents is 1. The number of hydrogen-bond donors (Lipinski definition) is 2. The Morgan fingerprint density at radius 2 is 1.82 bits per heavy atom. The number of thiophene rings is 1. The monoisotopic (exact) mass is 398 g/mol. The number of nitrogens with zero attached hydrogens (tertiary/aromatic N) is 1. The van der Waals surface area contributed by atoms with Gasteiger partial charge in [-0.05, 0) is 55.0 Å². The molecule has 1 aliphatic carbocycles. The first kappa shape index (κ1) is 18.6. The van der Waals surface area contributed by atoms with Crippen molar-refractivity contribution in [2.75, 3.05) is 14.2 Å². The normalized spacial score (nSPS) is 14.2. The van der Waals surface area contributed by atoms with Crippen LogP contribution in [0, 0.1) is 0 Å². The number of methoxy groups -OCH3 is 2. The van der Waals surface area contributed by atoms with Crippen molar-refractivity contribution in [1.29, 1.82) is 0 Å². The van der Waals surface area contributed by atoms with Crippen molar-refractivity contribution in [2.45, 2.75) is 32.1 Å². The lowest BCUT2D eigenvalue weighted by Gasteiger charge is -2.09. The molecule has 0 saturated carbocycles. The molecule has 0 amide bonds. The molecular formula is C21H22N2O4S. The van der Waals surface area contributed by atoms with Crippen LogP contribution in [0.25, 0.3) is 22.4 Å². The van der Waals surface area contributed by atoms with Crippen LogP contribution in [-0.4, -0.2) is 29.3 Å². The van der Waals surface area contributed by atoms with E-state index in [9.17, 15) is 9.90 Å². The van der Waals surface area contributed by atoms with Crippen LogP contribution in [0.2, 0.25) is 0 Å². The third-order valence-corrected chi connectivity index (χ3v) is 6.21. The van der Waals surface area contributed by atoms with Crippen molar-refractivity contribution in [3.8, 4) is 17.2 Å². The molecule has 28 heavy (non-hydrogen) atoms. The summed E-state index contributed by atoms with van der Waals surface area (Å²) in [5.41, 5.74) is 1.87. The van der Waals surface area contributed by atoms with E-state index >= 15 is 0 Å². The Labute approximate surface area is 166 Å². The Morgan fingerprint density at radius 1 is 1.11 bits per heavy atom. The maximum absolute atomic E-state index is 12.7. The van der Waals surface area contributed by atoms with Gasteiger partial charge in [-0.1, -0.05) is 12.5 Å². The molecule has 0 spiro atoms. The van der Waals surface area contributed by atoms with Gasteiger partial charge >= 0.3 is 0 Å². The topological polar surface area (TPSA) is 84.4 Å². The van der Waals surface area contributed by atoms with Gasteiger partial charge in [0, 0.05) is 4.88 Å². The molecule has 0 radical (unpaired) electrons. The minimum Gasteiger partial charge on any atom is -0.502 e. The number of fused-ring (bicyclic) bond motifs is 3. The van der Waals surface area contributed by atoms with Gasteiger partial charge in [-0.3, -0.25) is 4.79 Å². The van der Waals surface area contributed by atoms with Crippen LogP contribution in [0.15, 0.2) is 16.9 Å². The number of benzene rings is 1. The Bertz CT molecular complexity index is 1090. The van der Waals surface area contributed by atoms with Gasteiger partial charge < -0.3 is 19.6 Å². The van der Waals surface area contributed by atoms with Crippen molar-refractivity contribution >= 4 is 33.7 Å². The average Bonchev–Trinajstić information content (AvgIpc) is 2.89. The van der Waals surface area contributed by atoms with Crippen molar-refractivity contribution in [3.05, 3.63) is 44.3 Å². The highest BCUT2D eigenvalue weighted by atomic mass is 32.1. The van der Waals surface area contributed by atoms with E-state index in [1.165, 1.54) is 37.5 Å². The Kier molecular flexibility index (Phi) is 5.09. The summed E-state index contributed by atoms with van der Waals surface area (Å²) in [6, 6.07) is 3.39. The molecule has 7 heteroatoms. The van der Waals surface area contributed by atoms with Gasteiger partial charge in [0.1, 0.15) is 10.7 Å². The number of aromatic amines is 1. The molecule has 0 unspecified atom stereocenters. The molecular weight excluding hydrogens is 376 g/mol. The van der Waals surface area contributed by atoms with Crippen molar-refractivity contribution in [3.63, 3.8) is 0 Å². The number of ether oxygens (including phenoxy) is 2. The fraction of sp³-hybridized carbons (Fsp3) is 0.333. The van der Waals surface area contributed by atoms with E-state index < -0.39 is 0 Å². The predicted molar refractivity (Wildman–Crippen MR) is 112 cm³/mol.